The van der Waals surface area contributed by atoms with E-state index in [9.17, 15) is 0 Å². The first-order valence-electron chi connectivity index (χ1n) is 18.3. The number of benzene rings is 10. The van der Waals surface area contributed by atoms with Gasteiger partial charge in [-0.1, -0.05) is 121 Å². The van der Waals surface area contributed by atoms with Crippen LogP contribution in [0, 0.1) is 13.8 Å². The summed E-state index contributed by atoms with van der Waals surface area (Å²) in [6, 6.07) is 59.9. The number of fused-ring (bicyclic) bond motifs is 11. The van der Waals surface area contributed by atoms with Gasteiger partial charge in [-0.25, -0.2) is 0 Å². The van der Waals surface area contributed by atoms with E-state index in [-0.39, 0.29) is 0 Å². The zero-order valence-corrected chi connectivity index (χ0v) is 29.0. The molecule has 10 aromatic rings. The molecule has 0 nitrogen and oxygen atoms in total. The van der Waals surface area contributed by atoms with Gasteiger partial charge in [0, 0.05) is 0 Å². The van der Waals surface area contributed by atoms with Crippen molar-refractivity contribution in [2.45, 2.75) is 13.8 Å². The Bertz CT molecular complexity index is 3020. The van der Waals surface area contributed by atoms with Crippen LogP contribution in [0.3, 0.4) is 0 Å². The first-order chi connectivity index (χ1) is 25.6. The summed E-state index contributed by atoms with van der Waals surface area (Å²) in [5.41, 5.74) is 18.4. The van der Waals surface area contributed by atoms with Crippen LogP contribution in [0.15, 0.2) is 158 Å². The first kappa shape index (κ1) is 28.2. The van der Waals surface area contributed by atoms with Gasteiger partial charge in [0.2, 0.25) is 0 Å². The Morgan fingerprint density at radius 1 is 0.231 bits per heavy atom. The summed E-state index contributed by atoms with van der Waals surface area (Å²) in [4.78, 5) is 0. The number of hydrogen-bond donors (Lipinski definition) is 0. The third-order valence-corrected chi connectivity index (χ3v) is 12.2. The zero-order chi connectivity index (χ0) is 34.2. The summed E-state index contributed by atoms with van der Waals surface area (Å²) in [7, 11) is 0. The Balaban J connectivity index is 1.29. The van der Waals surface area contributed by atoms with Crippen LogP contribution in [-0.2, 0) is 0 Å². The lowest BCUT2D eigenvalue weighted by atomic mass is 9.83. The average molecular weight is 657 g/mol. The number of hydrogen-bond acceptors (Lipinski definition) is 0. The van der Waals surface area contributed by atoms with Crippen molar-refractivity contribution in [3.8, 4) is 66.8 Å². The number of rotatable bonds is 2. The number of aryl methyl sites for hydroxylation is 2. The maximum absolute atomic E-state index is 2.51. The molecule has 10 aromatic carbocycles. The van der Waals surface area contributed by atoms with Gasteiger partial charge < -0.3 is 0 Å². The molecular formula is C52H32. The summed E-state index contributed by atoms with van der Waals surface area (Å²) in [6.45, 7) is 4.50. The molecule has 0 radical (unpaired) electrons. The molecule has 2 aliphatic carbocycles. The minimum absolute atomic E-state index is 1.29. The topological polar surface area (TPSA) is 0 Å². The van der Waals surface area contributed by atoms with Crippen LogP contribution in [0.5, 0.6) is 0 Å². The van der Waals surface area contributed by atoms with E-state index in [0.29, 0.717) is 0 Å². The van der Waals surface area contributed by atoms with E-state index in [0.717, 1.165) is 0 Å². The van der Waals surface area contributed by atoms with Crippen molar-refractivity contribution in [2.75, 3.05) is 0 Å². The molecular weight excluding hydrogens is 625 g/mol. The second kappa shape index (κ2) is 10.1. The normalized spacial score (nSPS) is 12.4. The van der Waals surface area contributed by atoms with Gasteiger partial charge in [-0.15, -0.1) is 0 Å². The van der Waals surface area contributed by atoms with Crippen LogP contribution in [-0.4, -0.2) is 0 Å². The molecule has 0 saturated carbocycles. The second-order valence-electron chi connectivity index (χ2n) is 14.9. The highest BCUT2D eigenvalue weighted by Gasteiger charge is 2.27. The molecule has 0 heteroatoms. The van der Waals surface area contributed by atoms with Crippen LogP contribution in [0.1, 0.15) is 11.1 Å². The molecule has 0 N–H and O–H groups in total. The second-order valence-corrected chi connectivity index (χ2v) is 14.9. The summed E-state index contributed by atoms with van der Waals surface area (Å²) in [5.74, 6) is 0. The fourth-order valence-electron chi connectivity index (χ4n) is 9.80. The van der Waals surface area contributed by atoms with Crippen LogP contribution in [0.2, 0.25) is 0 Å². The predicted molar refractivity (Wildman–Crippen MR) is 223 cm³/mol. The Morgan fingerprint density at radius 2 is 0.519 bits per heavy atom. The molecule has 0 bridgehead atoms. The molecule has 52 heavy (non-hydrogen) atoms. The van der Waals surface area contributed by atoms with Crippen LogP contribution < -0.4 is 0 Å². The standard InChI is InChI=1S/C52H32/c1-29-11-3-5-17-33(29)39-23-47-48(49-27-43-37-21-9-15-31-13-7-19-35(51(31)37)41(43)25-45(39)49)24-40(34-18-6-4-12-30(34)2)46-26-42-36-20-8-14-32-16-10-22-38(52(32)36)44(42)28-50(46)47/h3-28H,1-2H3. The quantitative estimate of drug-likeness (QED) is 0.162. The van der Waals surface area contributed by atoms with E-state index < -0.39 is 0 Å². The molecule has 0 unspecified atom stereocenters. The highest BCUT2D eigenvalue weighted by Crippen LogP contribution is 2.54. The summed E-state index contributed by atoms with van der Waals surface area (Å²) in [6.07, 6.45) is 0. The van der Waals surface area contributed by atoms with E-state index in [1.165, 1.54) is 132 Å². The summed E-state index contributed by atoms with van der Waals surface area (Å²) >= 11 is 0. The minimum atomic E-state index is 1.29. The lowest BCUT2D eigenvalue weighted by molar-refractivity contribution is 1.47. The first-order valence-corrected chi connectivity index (χ1v) is 18.3. The molecule has 12 rings (SSSR count). The summed E-state index contributed by atoms with van der Waals surface area (Å²) in [5, 5.41) is 13.2. The maximum atomic E-state index is 2.51. The predicted octanol–water partition coefficient (Wildman–Crippen LogP) is 14.7. The lowest BCUT2D eigenvalue weighted by Crippen LogP contribution is -1.93. The molecule has 0 aromatic heterocycles. The van der Waals surface area contributed by atoms with Crippen molar-refractivity contribution in [2.24, 2.45) is 0 Å². The maximum Gasteiger partial charge on any atom is -0.00264 e. The van der Waals surface area contributed by atoms with Gasteiger partial charge in [0.15, 0.2) is 0 Å². The van der Waals surface area contributed by atoms with E-state index in [4.69, 9.17) is 0 Å². The fraction of sp³-hybridized carbons (Fsp3) is 0.0385. The van der Waals surface area contributed by atoms with E-state index in [1.807, 2.05) is 0 Å². The van der Waals surface area contributed by atoms with Crippen molar-refractivity contribution in [3.05, 3.63) is 169 Å². The molecule has 0 saturated heterocycles. The van der Waals surface area contributed by atoms with Gasteiger partial charge >= 0.3 is 0 Å². The SMILES string of the molecule is Cc1ccccc1-c1cc2c3cc4c(cc3c(-c3ccccc3C)cc2c2cc3c(cc12)-c1cccc2cccc-3c12)-c1cccc2cccc-4c12. The molecule has 0 atom stereocenters. The van der Waals surface area contributed by atoms with Gasteiger partial charge in [0.25, 0.3) is 0 Å². The molecule has 0 spiro atoms. The minimum Gasteiger partial charge on any atom is -0.0620 e. The monoisotopic (exact) mass is 656 g/mol. The van der Waals surface area contributed by atoms with E-state index in [2.05, 4.69) is 172 Å². The Morgan fingerprint density at radius 3 is 0.885 bits per heavy atom. The van der Waals surface area contributed by atoms with Crippen molar-refractivity contribution >= 4 is 53.9 Å². The van der Waals surface area contributed by atoms with Crippen LogP contribution in [0.4, 0.5) is 0 Å². The van der Waals surface area contributed by atoms with Crippen molar-refractivity contribution in [3.63, 3.8) is 0 Å². The summed E-state index contributed by atoms with van der Waals surface area (Å²) < 4.78 is 0. The molecule has 0 aliphatic heterocycles. The van der Waals surface area contributed by atoms with Crippen molar-refractivity contribution < 1.29 is 0 Å². The highest BCUT2D eigenvalue weighted by molar-refractivity contribution is 6.29. The highest BCUT2D eigenvalue weighted by atomic mass is 14.3. The zero-order valence-electron chi connectivity index (χ0n) is 29.0. The van der Waals surface area contributed by atoms with E-state index >= 15 is 0 Å². The average Bonchev–Trinajstić information content (AvgIpc) is 3.67. The van der Waals surface area contributed by atoms with Gasteiger partial charge in [-0.05, 0) is 182 Å². The van der Waals surface area contributed by atoms with E-state index in [1.54, 1.807) is 0 Å². The Hall–Kier alpha value is -6.50. The van der Waals surface area contributed by atoms with Gasteiger partial charge in [-0.3, -0.25) is 0 Å². The molecule has 0 heterocycles. The van der Waals surface area contributed by atoms with Crippen LogP contribution in [0.25, 0.3) is 121 Å². The largest absolute Gasteiger partial charge is 0.0620 e. The van der Waals surface area contributed by atoms with Gasteiger partial charge in [0.05, 0.1) is 0 Å². The van der Waals surface area contributed by atoms with Gasteiger partial charge in [-0.2, -0.15) is 0 Å². The van der Waals surface area contributed by atoms with Crippen LogP contribution >= 0.6 is 0 Å². The lowest BCUT2D eigenvalue weighted by Gasteiger charge is -2.20. The Kier molecular flexibility index (Phi) is 5.46. The van der Waals surface area contributed by atoms with Gasteiger partial charge in [0.1, 0.15) is 0 Å². The Labute approximate surface area is 302 Å². The fourth-order valence-corrected chi connectivity index (χ4v) is 9.80. The van der Waals surface area contributed by atoms with Crippen molar-refractivity contribution in [1.29, 1.82) is 0 Å². The molecule has 2 aliphatic rings. The van der Waals surface area contributed by atoms with Crippen molar-refractivity contribution in [1.82, 2.24) is 0 Å². The third kappa shape index (κ3) is 3.61. The smallest absolute Gasteiger partial charge is 0.00264 e. The molecule has 0 fully saturated rings. The third-order valence-electron chi connectivity index (χ3n) is 12.2. The molecule has 240 valence electrons. The molecule has 0 amide bonds.